The molecule has 0 saturated heterocycles. The van der Waals surface area contributed by atoms with Crippen LogP contribution in [0.5, 0.6) is 11.5 Å². The van der Waals surface area contributed by atoms with Crippen LogP contribution >= 0.6 is 23.4 Å². The number of carboxylic acids is 1. The van der Waals surface area contributed by atoms with Gasteiger partial charge < -0.3 is 20.3 Å². The Labute approximate surface area is 236 Å². The molecule has 210 valence electrons. The van der Waals surface area contributed by atoms with Gasteiger partial charge in [0.2, 0.25) is 0 Å². The van der Waals surface area contributed by atoms with Gasteiger partial charge in [-0.3, -0.25) is 9.59 Å². The average Bonchev–Trinajstić information content (AvgIpc) is 2.86. The number of benzene rings is 2. The smallest absolute Gasteiger partial charge is 0.304 e. The Bertz CT molecular complexity index is 1160. The van der Waals surface area contributed by atoms with Crippen LogP contribution in [0.1, 0.15) is 91.3 Å². The standard InChI is InChI=1S/C30H42ClNO5S/c1-9-20-24(38-15-14-25(33)34)17-22(27(35)26(20)31)32-28(36)18(4)37-23-13-12-19(29(5,6)10-2)16-21(23)30(7,8)11-3/h12-13,16-18,35H,9-11,14-15H2,1-8H3,(H,32,36)(H,33,34). The highest BCUT2D eigenvalue weighted by Gasteiger charge is 2.28. The van der Waals surface area contributed by atoms with Crippen molar-refractivity contribution in [2.45, 2.75) is 103 Å². The number of hydrogen-bond acceptors (Lipinski definition) is 5. The lowest BCUT2D eigenvalue weighted by atomic mass is 9.76. The minimum atomic E-state index is -0.892. The van der Waals surface area contributed by atoms with E-state index >= 15 is 0 Å². The number of phenolic OH excluding ortho intramolecular Hbond substituents is 1. The summed E-state index contributed by atoms with van der Waals surface area (Å²) in [6.45, 7) is 16.7. The Hall–Kier alpha value is -2.38. The molecular formula is C30H42ClNO5S. The van der Waals surface area contributed by atoms with Crippen molar-refractivity contribution >= 4 is 40.9 Å². The van der Waals surface area contributed by atoms with Crippen LogP contribution in [-0.2, 0) is 26.8 Å². The molecule has 8 heteroatoms. The first-order chi connectivity index (χ1) is 17.7. The number of carbonyl (C=O) groups is 2. The molecule has 3 N–H and O–H groups in total. The first kappa shape index (κ1) is 31.8. The highest BCUT2D eigenvalue weighted by Crippen LogP contribution is 2.42. The number of aliphatic carboxylic acids is 1. The zero-order valence-corrected chi connectivity index (χ0v) is 25.4. The van der Waals surface area contributed by atoms with Gasteiger partial charge in [-0.25, -0.2) is 0 Å². The number of thioether (sulfide) groups is 1. The Morgan fingerprint density at radius 1 is 1.08 bits per heavy atom. The maximum absolute atomic E-state index is 13.2. The molecule has 1 amide bonds. The Kier molecular flexibility index (Phi) is 11.0. The predicted molar refractivity (Wildman–Crippen MR) is 157 cm³/mol. The molecule has 2 aromatic rings. The molecule has 2 aromatic carbocycles. The van der Waals surface area contributed by atoms with Crippen molar-refractivity contribution in [3.8, 4) is 11.5 Å². The first-order valence-corrected chi connectivity index (χ1v) is 14.6. The van der Waals surface area contributed by atoms with E-state index in [-0.39, 0.29) is 33.7 Å². The van der Waals surface area contributed by atoms with Crippen molar-refractivity contribution in [1.29, 1.82) is 0 Å². The second-order valence-electron chi connectivity index (χ2n) is 10.8. The molecule has 0 radical (unpaired) electrons. The van der Waals surface area contributed by atoms with E-state index in [1.165, 1.54) is 17.3 Å². The third kappa shape index (κ3) is 7.60. The van der Waals surface area contributed by atoms with Crippen molar-refractivity contribution in [2.75, 3.05) is 11.1 Å². The van der Waals surface area contributed by atoms with Gasteiger partial charge in [-0.15, -0.1) is 11.8 Å². The van der Waals surface area contributed by atoms with E-state index in [1.807, 2.05) is 13.0 Å². The van der Waals surface area contributed by atoms with Crippen LogP contribution in [0.3, 0.4) is 0 Å². The fourth-order valence-electron chi connectivity index (χ4n) is 3.91. The van der Waals surface area contributed by atoms with Gasteiger partial charge in [0.15, 0.2) is 11.9 Å². The molecule has 2 rings (SSSR count). The number of phenols is 1. The minimum Gasteiger partial charge on any atom is -0.504 e. The number of amides is 1. The maximum atomic E-state index is 13.2. The number of carbonyl (C=O) groups excluding carboxylic acids is 1. The fourth-order valence-corrected chi connectivity index (χ4v) is 5.42. The molecule has 1 unspecified atom stereocenters. The highest BCUT2D eigenvalue weighted by atomic mass is 35.5. The van der Waals surface area contributed by atoms with E-state index in [0.29, 0.717) is 23.5 Å². The summed E-state index contributed by atoms with van der Waals surface area (Å²) in [5.41, 5.74) is 3.01. The predicted octanol–water partition coefficient (Wildman–Crippen LogP) is 7.96. The van der Waals surface area contributed by atoms with Gasteiger partial charge >= 0.3 is 5.97 Å². The second-order valence-corrected chi connectivity index (χ2v) is 12.4. The van der Waals surface area contributed by atoms with Crippen LogP contribution in [0.25, 0.3) is 0 Å². The van der Waals surface area contributed by atoms with E-state index in [0.717, 1.165) is 23.3 Å². The lowest BCUT2D eigenvalue weighted by molar-refractivity contribution is -0.136. The number of nitrogens with one attached hydrogen (secondary N) is 1. The fraction of sp³-hybridized carbons (Fsp3) is 0.533. The normalized spacial score (nSPS) is 12.8. The van der Waals surface area contributed by atoms with Gasteiger partial charge in [-0.2, -0.15) is 0 Å². The monoisotopic (exact) mass is 563 g/mol. The van der Waals surface area contributed by atoms with Crippen LogP contribution < -0.4 is 10.1 Å². The summed E-state index contributed by atoms with van der Waals surface area (Å²) in [5, 5.41) is 22.6. The molecule has 1 atom stereocenters. The molecule has 0 aliphatic rings. The largest absolute Gasteiger partial charge is 0.504 e. The molecule has 38 heavy (non-hydrogen) atoms. The number of hydrogen-bond donors (Lipinski definition) is 3. The number of halogens is 1. The SMILES string of the molecule is CCc1c(SCCC(=O)O)cc(NC(=O)C(C)Oc2ccc(C(C)(C)CC)cc2C(C)(C)CC)c(O)c1Cl. The summed E-state index contributed by atoms with van der Waals surface area (Å²) in [6.07, 6.45) is 1.59. The third-order valence-electron chi connectivity index (χ3n) is 7.42. The Morgan fingerprint density at radius 2 is 1.71 bits per heavy atom. The molecular weight excluding hydrogens is 522 g/mol. The molecule has 0 aliphatic carbocycles. The number of ether oxygens (including phenoxy) is 1. The van der Waals surface area contributed by atoms with Crippen LogP contribution in [0.15, 0.2) is 29.2 Å². The topological polar surface area (TPSA) is 95.9 Å². The quantitative estimate of drug-likeness (QED) is 0.169. The van der Waals surface area contributed by atoms with Crippen LogP contribution in [0.4, 0.5) is 5.69 Å². The van der Waals surface area contributed by atoms with Crippen molar-refractivity contribution in [2.24, 2.45) is 0 Å². The number of rotatable bonds is 13. The van der Waals surface area contributed by atoms with Gasteiger partial charge in [-0.1, -0.05) is 72.2 Å². The van der Waals surface area contributed by atoms with Crippen molar-refractivity contribution in [3.05, 3.63) is 46.0 Å². The summed E-state index contributed by atoms with van der Waals surface area (Å²) < 4.78 is 6.21. The second kappa shape index (κ2) is 13.1. The third-order valence-corrected chi connectivity index (χ3v) is 8.91. The number of carboxylic acid groups (broad SMARTS) is 1. The summed E-state index contributed by atoms with van der Waals surface area (Å²) in [4.78, 5) is 24.8. The molecule has 0 bridgehead atoms. The Balaban J connectivity index is 2.34. The summed E-state index contributed by atoms with van der Waals surface area (Å²) in [7, 11) is 0. The maximum Gasteiger partial charge on any atom is 0.304 e. The van der Waals surface area contributed by atoms with Crippen molar-refractivity contribution in [3.63, 3.8) is 0 Å². The number of aromatic hydroxyl groups is 1. The molecule has 0 saturated carbocycles. The van der Waals surface area contributed by atoms with Gasteiger partial charge in [0.05, 0.1) is 17.1 Å². The number of anilines is 1. The van der Waals surface area contributed by atoms with Crippen molar-refractivity contribution < 1.29 is 24.5 Å². The van der Waals surface area contributed by atoms with Crippen LogP contribution in [0, 0.1) is 0 Å². The van der Waals surface area contributed by atoms with Gasteiger partial charge in [-0.05, 0) is 60.3 Å². The minimum absolute atomic E-state index is 0.0104. The van der Waals surface area contributed by atoms with Gasteiger partial charge in [0.25, 0.3) is 5.91 Å². The van der Waals surface area contributed by atoms with E-state index in [2.05, 4.69) is 59.0 Å². The first-order valence-electron chi connectivity index (χ1n) is 13.2. The van der Waals surface area contributed by atoms with Gasteiger partial charge in [0.1, 0.15) is 5.75 Å². The lowest BCUT2D eigenvalue weighted by Crippen LogP contribution is -2.31. The lowest BCUT2D eigenvalue weighted by Gasteiger charge is -2.31. The van der Waals surface area contributed by atoms with Crippen molar-refractivity contribution in [1.82, 2.24) is 0 Å². The van der Waals surface area contributed by atoms with E-state index in [4.69, 9.17) is 21.4 Å². The van der Waals surface area contributed by atoms with Crippen LogP contribution in [-0.4, -0.2) is 33.9 Å². The molecule has 0 fully saturated rings. The van der Waals surface area contributed by atoms with Crippen LogP contribution in [0.2, 0.25) is 5.02 Å². The summed E-state index contributed by atoms with van der Waals surface area (Å²) in [6, 6.07) is 7.85. The summed E-state index contributed by atoms with van der Waals surface area (Å²) >= 11 is 7.75. The zero-order valence-electron chi connectivity index (χ0n) is 23.8. The van der Waals surface area contributed by atoms with E-state index in [9.17, 15) is 14.7 Å². The van der Waals surface area contributed by atoms with E-state index in [1.54, 1.807) is 13.0 Å². The highest BCUT2D eigenvalue weighted by molar-refractivity contribution is 7.99. The molecule has 6 nitrogen and oxygen atoms in total. The van der Waals surface area contributed by atoms with E-state index < -0.39 is 18.0 Å². The molecule has 0 spiro atoms. The molecule has 0 aromatic heterocycles. The van der Waals surface area contributed by atoms with Gasteiger partial charge in [0, 0.05) is 16.2 Å². The molecule has 0 aliphatic heterocycles. The molecule has 0 heterocycles. The summed E-state index contributed by atoms with van der Waals surface area (Å²) in [5.74, 6) is -0.539. The average molecular weight is 564 g/mol. The Morgan fingerprint density at radius 3 is 2.26 bits per heavy atom. The zero-order chi connectivity index (χ0) is 28.8.